The molecule has 2 N–H and O–H groups in total. The van der Waals surface area contributed by atoms with Gasteiger partial charge in [-0.05, 0) is 19.4 Å². The molecule has 0 saturated carbocycles. The Morgan fingerprint density at radius 1 is 1.06 bits per heavy atom. The summed E-state index contributed by atoms with van der Waals surface area (Å²) >= 11 is 0. The first-order valence-electron chi connectivity index (χ1n) is 5.33. The number of rotatable bonds is 2. The molecule has 0 bridgehead atoms. The minimum atomic E-state index is -0.667. The van der Waals surface area contributed by atoms with Gasteiger partial charge in [-0.3, -0.25) is 20.2 Å². The molecule has 1 saturated heterocycles. The maximum absolute atomic E-state index is 10.9. The zero-order valence-electron chi connectivity index (χ0n) is 9.65. The van der Waals surface area contributed by atoms with Crippen molar-refractivity contribution in [2.24, 2.45) is 4.99 Å². The molecule has 0 radical (unpaired) electrons. The Labute approximate surface area is 98.9 Å². The number of nitrogens with one attached hydrogen (secondary N) is 2. The predicted octanol–water partition coefficient (Wildman–Crippen LogP) is 0.658. The van der Waals surface area contributed by atoms with E-state index in [1.807, 2.05) is 38.1 Å². The molecule has 88 valence electrons. The molecular formula is C12H13N3O2. The third kappa shape index (κ3) is 2.50. The van der Waals surface area contributed by atoms with Gasteiger partial charge in [0.05, 0.1) is 6.04 Å². The minimum Gasteiger partial charge on any atom is -0.288 e. The van der Waals surface area contributed by atoms with Crippen LogP contribution in [0.15, 0.2) is 29.3 Å². The van der Waals surface area contributed by atoms with Crippen LogP contribution in [-0.2, 0) is 9.59 Å². The molecule has 1 heterocycles. The van der Waals surface area contributed by atoms with Crippen LogP contribution in [0, 0.1) is 6.92 Å². The molecule has 1 aliphatic heterocycles. The molecule has 1 aromatic carbocycles. The van der Waals surface area contributed by atoms with Gasteiger partial charge < -0.3 is 0 Å². The van der Waals surface area contributed by atoms with Crippen LogP contribution >= 0.6 is 0 Å². The molecule has 0 spiro atoms. The maximum atomic E-state index is 10.9. The number of amides is 2. The number of benzene rings is 1. The largest absolute Gasteiger partial charge is 0.316 e. The molecule has 1 unspecified atom stereocenters. The normalized spacial score (nSPS) is 16.5. The van der Waals surface area contributed by atoms with E-state index in [1.54, 1.807) is 0 Å². The fraction of sp³-hybridized carbons (Fsp3) is 0.250. The number of nitrogens with zero attached hydrogens (tertiary/aromatic N) is 1. The van der Waals surface area contributed by atoms with Crippen molar-refractivity contribution in [1.82, 2.24) is 10.6 Å². The summed E-state index contributed by atoms with van der Waals surface area (Å²) in [5, 5.41) is 4.73. The lowest BCUT2D eigenvalue weighted by Crippen LogP contribution is -2.26. The molecule has 0 aromatic heterocycles. The lowest BCUT2D eigenvalue weighted by Gasteiger charge is -2.08. The Morgan fingerprint density at radius 3 is 2.12 bits per heavy atom. The van der Waals surface area contributed by atoms with Crippen LogP contribution in [-0.4, -0.2) is 17.8 Å². The standard InChI is InChI=1S/C12H13N3O2/c1-7-3-5-9(6-4-7)8(2)13-12-14-10(16)11(17)15-12/h3-6,8H,1-2H3,(H2,13,14,15,16,17). The van der Waals surface area contributed by atoms with Crippen molar-refractivity contribution >= 4 is 17.8 Å². The highest BCUT2D eigenvalue weighted by molar-refractivity contribution is 6.45. The van der Waals surface area contributed by atoms with Crippen LogP contribution < -0.4 is 10.6 Å². The Hall–Kier alpha value is -2.17. The Bertz CT molecular complexity index is 473. The highest BCUT2D eigenvalue weighted by Gasteiger charge is 2.25. The third-order valence-electron chi connectivity index (χ3n) is 2.55. The quantitative estimate of drug-likeness (QED) is 0.734. The second kappa shape index (κ2) is 4.37. The molecule has 5 heteroatoms. The SMILES string of the molecule is Cc1ccc(C(C)N=C2NC(=O)C(=O)N2)cc1. The number of hydrogen-bond donors (Lipinski definition) is 2. The molecule has 17 heavy (non-hydrogen) atoms. The van der Waals surface area contributed by atoms with E-state index < -0.39 is 11.8 Å². The average molecular weight is 231 g/mol. The van der Waals surface area contributed by atoms with E-state index >= 15 is 0 Å². The monoisotopic (exact) mass is 231 g/mol. The second-order valence-electron chi connectivity index (χ2n) is 3.97. The Kier molecular flexibility index (Phi) is 2.91. The van der Waals surface area contributed by atoms with E-state index in [2.05, 4.69) is 15.6 Å². The summed E-state index contributed by atoms with van der Waals surface area (Å²) in [6, 6.07) is 7.82. The number of aryl methyl sites for hydroxylation is 1. The first kappa shape index (κ1) is 11.3. The van der Waals surface area contributed by atoms with Crippen molar-refractivity contribution in [2.45, 2.75) is 19.9 Å². The summed E-state index contributed by atoms with van der Waals surface area (Å²) in [6.45, 7) is 3.91. The topological polar surface area (TPSA) is 70.6 Å². The van der Waals surface area contributed by atoms with E-state index in [4.69, 9.17) is 0 Å². The summed E-state index contributed by atoms with van der Waals surface area (Å²) in [4.78, 5) is 26.1. The zero-order chi connectivity index (χ0) is 12.4. The van der Waals surface area contributed by atoms with Gasteiger partial charge in [0.1, 0.15) is 0 Å². The van der Waals surface area contributed by atoms with Gasteiger partial charge in [0.15, 0.2) is 0 Å². The fourth-order valence-electron chi connectivity index (χ4n) is 1.54. The number of carbonyl (C=O) groups excluding carboxylic acids is 2. The van der Waals surface area contributed by atoms with E-state index in [1.165, 1.54) is 5.56 Å². The lowest BCUT2D eigenvalue weighted by molar-refractivity contribution is -0.135. The van der Waals surface area contributed by atoms with Gasteiger partial charge >= 0.3 is 11.8 Å². The van der Waals surface area contributed by atoms with Crippen LogP contribution in [0.5, 0.6) is 0 Å². The summed E-state index contributed by atoms with van der Waals surface area (Å²) < 4.78 is 0. The maximum Gasteiger partial charge on any atom is 0.316 e. The van der Waals surface area contributed by atoms with Gasteiger partial charge in [0.2, 0.25) is 5.96 Å². The van der Waals surface area contributed by atoms with E-state index in [-0.39, 0.29) is 12.0 Å². The summed E-state index contributed by atoms with van der Waals surface area (Å²) in [5.41, 5.74) is 2.20. The van der Waals surface area contributed by atoms with Crippen molar-refractivity contribution in [3.05, 3.63) is 35.4 Å². The molecule has 1 aliphatic rings. The van der Waals surface area contributed by atoms with Crippen LogP contribution in [0.1, 0.15) is 24.1 Å². The second-order valence-corrected chi connectivity index (χ2v) is 3.97. The number of guanidine groups is 1. The van der Waals surface area contributed by atoms with Crippen molar-refractivity contribution in [3.63, 3.8) is 0 Å². The molecule has 2 amide bonds. The van der Waals surface area contributed by atoms with Crippen LogP contribution in [0.2, 0.25) is 0 Å². The smallest absolute Gasteiger partial charge is 0.288 e. The molecule has 0 aliphatic carbocycles. The van der Waals surface area contributed by atoms with Crippen LogP contribution in [0.25, 0.3) is 0 Å². The Balaban J connectivity index is 2.14. The predicted molar refractivity (Wildman–Crippen MR) is 63.3 cm³/mol. The molecule has 1 fully saturated rings. The summed E-state index contributed by atoms with van der Waals surface area (Å²) in [7, 11) is 0. The van der Waals surface area contributed by atoms with Crippen molar-refractivity contribution in [1.29, 1.82) is 0 Å². The van der Waals surface area contributed by atoms with E-state index in [0.29, 0.717) is 0 Å². The first-order valence-corrected chi connectivity index (χ1v) is 5.33. The highest BCUT2D eigenvalue weighted by atomic mass is 16.2. The molecule has 1 aromatic rings. The van der Waals surface area contributed by atoms with Gasteiger partial charge in [-0.2, -0.15) is 0 Å². The Morgan fingerprint density at radius 2 is 1.59 bits per heavy atom. The highest BCUT2D eigenvalue weighted by Crippen LogP contribution is 2.17. The lowest BCUT2D eigenvalue weighted by atomic mass is 10.1. The number of carbonyl (C=O) groups is 2. The fourth-order valence-corrected chi connectivity index (χ4v) is 1.54. The first-order chi connectivity index (χ1) is 8.06. The number of aliphatic imine (C=N–C) groups is 1. The van der Waals surface area contributed by atoms with Crippen molar-refractivity contribution in [3.8, 4) is 0 Å². The van der Waals surface area contributed by atoms with Crippen LogP contribution in [0.4, 0.5) is 0 Å². The summed E-state index contributed by atoms with van der Waals surface area (Å²) in [5.74, 6) is -1.12. The molecular weight excluding hydrogens is 218 g/mol. The van der Waals surface area contributed by atoms with Crippen molar-refractivity contribution in [2.75, 3.05) is 0 Å². The zero-order valence-corrected chi connectivity index (χ0v) is 9.65. The van der Waals surface area contributed by atoms with E-state index in [9.17, 15) is 9.59 Å². The molecule has 1 atom stereocenters. The summed E-state index contributed by atoms with van der Waals surface area (Å²) in [6.07, 6.45) is 0. The minimum absolute atomic E-state index is 0.121. The van der Waals surface area contributed by atoms with Gasteiger partial charge in [-0.1, -0.05) is 29.8 Å². The van der Waals surface area contributed by atoms with Gasteiger partial charge in [0.25, 0.3) is 0 Å². The van der Waals surface area contributed by atoms with Crippen LogP contribution in [0.3, 0.4) is 0 Å². The van der Waals surface area contributed by atoms with Gasteiger partial charge in [-0.25, -0.2) is 4.99 Å². The van der Waals surface area contributed by atoms with Gasteiger partial charge in [-0.15, -0.1) is 0 Å². The average Bonchev–Trinajstić information content (AvgIpc) is 2.58. The molecule has 2 rings (SSSR count). The third-order valence-corrected chi connectivity index (χ3v) is 2.55. The van der Waals surface area contributed by atoms with E-state index in [0.717, 1.165) is 5.56 Å². The molecule has 5 nitrogen and oxygen atoms in total. The number of hydrogen-bond acceptors (Lipinski definition) is 3. The van der Waals surface area contributed by atoms with Gasteiger partial charge in [0, 0.05) is 0 Å². The van der Waals surface area contributed by atoms with Crippen molar-refractivity contribution < 1.29 is 9.59 Å².